The maximum absolute atomic E-state index is 12.8. The number of nitrogens with zero attached hydrogens (tertiary/aromatic N) is 2. The summed E-state index contributed by atoms with van der Waals surface area (Å²) in [6.45, 7) is 0.183. The molecule has 1 unspecified atom stereocenters. The number of carbonyl (C=O) groups is 2. The molecule has 0 fully saturated rings. The van der Waals surface area contributed by atoms with Crippen LogP contribution in [0.15, 0.2) is 36.4 Å². The number of fused-ring (bicyclic) bond motifs is 2. The van der Waals surface area contributed by atoms with E-state index in [1.54, 1.807) is 36.4 Å². The summed E-state index contributed by atoms with van der Waals surface area (Å²) in [4.78, 5) is 29.9. The van der Waals surface area contributed by atoms with Crippen LogP contribution in [-0.4, -0.2) is 28.1 Å². The van der Waals surface area contributed by atoms with E-state index >= 15 is 0 Å². The number of thiazole rings is 1. The molecule has 2 heterocycles. The number of aromatic nitrogens is 1. The molecule has 138 valence electrons. The van der Waals surface area contributed by atoms with Crippen molar-refractivity contribution in [1.29, 1.82) is 0 Å². The van der Waals surface area contributed by atoms with Gasteiger partial charge in [-0.25, -0.2) is 4.98 Å². The molecule has 1 aromatic heterocycles. The van der Waals surface area contributed by atoms with Crippen LogP contribution in [0.2, 0.25) is 10.0 Å². The molecule has 1 atom stereocenters. The van der Waals surface area contributed by atoms with Gasteiger partial charge in [0.2, 0.25) is 0 Å². The van der Waals surface area contributed by atoms with Crippen molar-refractivity contribution in [3.63, 3.8) is 0 Å². The molecular formula is C18H12Cl2N2O4S. The second-order valence-electron chi connectivity index (χ2n) is 5.94. The second-order valence-corrected chi connectivity index (χ2v) is 7.87. The first-order chi connectivity index (χ1) is 12.9. The molecule has 27 heavy (non-hydrogen) atoms. The number of amides is 1. The lowest BCUT2D eigenvalue weighted by Gasteiger charge is -2.33. The molecule has 1 N–H and O–H groups in total. The van der Waals surface area contributed by atoms with Gasteiger partial charge in [0.15, 0.2) is 6.10 Å². The van der Waals surface area contributed by atoms with E-state index in [9.17, 15) is 9.59 Å². The predicted octanol–water partition coefficient (Wildman–Crippen LogP) is 4.37. The van der Waals surface area contributed by atoms with E-state index in [2.05, 4.69) is 4.98 Å². The third-order valence-electron chi connectivity index (χ3n) is 4.07. The summed E-state index contributed by atoms with van der Waals surface area (Å²) in [6, 6.07) is 10.4. The number of benzene rings is 2. The lowest BCUT2D eigenvalue weighted by Crippen LogP contribution is -2.46. The molecule has 1 aliphatic heterocycles. The van der Waals surface area contributed by atoms with Gasteiger partial charge in [-0.2, -0.15) is 0 Å². The largest absolute Gasteiger partial charge is 0.481 e. The van der Waals surface area contributed by atoms with Crippen LogP contribution >= 0.6 is 34.5 Å². The molecular weight excluding hydrogens is 411 g/mol. The van der Waals surface area contributed by atoms with Crippen LogP contribution < -0.4 is 9.64 Å². The fourth-order valence-corrected chi connectivity index (χ4v) is 4.47. The summed E-state index contributed by atoms with van der Waals surface area (Å²) in [5, 5.41) is 10.7. The standard InChI is InChI=1S/C18H12Cl2N2O4S/c19-9-5-10(20)17-11(6-9)21-15(27-17)8-22-12-3-1-2-4-13(12)26-14(18(22)25)7-16(23)24/h1-6,14H,7-8H2,(H,23,24). The Hall–Kier alpha value is -2.35. The van der Waals surface area contributed by atoms with Crippen LogP contribution in [0, 0.1) is 0 Å². The molecule has 0 radical (unpaired) electrons. The molecule has 0 spiro atoms. The minimum Gasteiger partial charge on any atom is -0.481 e. The highest BCUT2D eigenvalue weighted by Gasteiger charge is 2.36. The van der Waals surface area contributed by atoms with Gasteiger partial charge >= 0.3 is 5.97 Å². The van der Waals surface area contributed by atoms with Crippen LogP contribution in [0.3, 0.4) is 0 Å². The summed E-state index contributed by atoms with van der Waals surface area (Å²) in [6.07, 6.45) is -1.49. The van der Waals surface area contributed by atoms with E-state index < -0.39 is 24.4 Å². The van der Waals surface area contributed by atoms with Gasteiger partial charge in [0.05, 0.1) is 33.9 Å². The van der Waals surface area contributed by atoms with Gasteiger partial charge in [-0.05, 0) is 24.3 Å². The Balaban J connectivity index is 1.72. The van der Waals surface area contributed by atoms with Crippen LogP contribution in [0.5, 0.6) is 5.75 Å². The average molecular weight is 423 g/mol. The van der Waals surface area contributed by atoms with Crippen molar-refractivity contribution in [1.82, 2.24) is 4.98 Å². The van der Waals surface area contributed by atoms with E-state index in [0.717, 1.165) is 4.70 Å². The van der Waals surface area contributed by atoms with Crippen LogP contribution in [0.25, 0.3) is 10.2 Å². The molecule has 0 aliphatic carbocycles. The van der Waals surface area contributed by atoms with Crippen molar-refractivity contribution < 1.29 is 19.4 Å². The summed E-state index contributed by atoms with van der Waals surface area (Å²) in [7, 11) is 0. The number of rotatable bonds is 4. The Labute approximate surface area is 167 Å². The predicted molar refractivity (Wildman–Crippen MR) is 104 cm³/mol. The Kier molecular flexibility index (Phi) is 4.67. The quantitative estimate of drug-likeness (QED) is 0.674. The number of hydrogen-bond donors (Lipinski definition) is 1. The summed E-state index contributed by atoms with van der Waals surface area (Å²) < 4.78 is 6.37. The SMILES string of the molecule is O=C(O)CC1Oc2ccccc2N(Cc2nc3cc(Cl)cc(Cl)c3s2)C1=O. The average Bonchev–Trinajstić information content (AvgIpc) is 3.01. The molecule has 4 rings (SSSR count). The van der Waals surface area contributed by atoms with Gasteiger partial charge in [-0.15, -0.1) is 11.3 Å². The number of hydrogen-bond acceptors (Lipinski definition) is 5. The normalized spacial score (nSPS) is 16.3. The van der Waals surface area contributed by atoms with Crippen molar-refractivity contribution in [2.24, 2.45) is 0 Å². The van der Waals surface area contributed by atoms with E-state index in [4.69, 9.17) is 33.0 Å². The van der Waals surface area contributed by atoms with Crippen LogP contribution in [-0.2, 0) is 16.1 Å². The minimum atomic E-state index is -1.10. The van der Waals surface area contributed by atoms with E-state index in [1.807, 2.05) is 0 Å². The zero-order valence-corrected chi connectivity index (χ0v) is 16.0. The van der Waals surface area contributed by atoms with Crippen molar-refractivity contribution in [2.45, 2.75) is 19.1 Å². The highest BCUT2D eigenvalue weighted by Crippen LogP contribution is 2.37. The first-order valence-electron chi connectivity index (χ1n) is 7.95. The molecule has 1 amide bonds. The molecule has 0 saturated carbocycles. The van der Waals surface area contributed by atoms with Gasteiger partial charge in [-0.1, -0.05) is 35.3 Å². The minimum absolute atomic E-state index is 0.183. The summed E-state index contributed by atoms with van der Waals surface area (Å²) in [5.74, 6) is -1.06. The fourth-order valence-electron chi connectivity index (χ4n) is 2.94. The number of ether oxygens (including phenoxy) is 1. The van der Waals surface area contributed by atoms with Crippen molar-refractivity contribution in [3.05, 3.63) is 51.5 Å². The topological polar surface area (TPSA) is 79.7 Å². The van der Waals surface area contributed by atoms with Gasteiger partial charge in [0.1, 0.15) is 10.8 Å². The first-order valence-corrected chi connectivity index (χ1v) is 9.53. The molecule has 6 nitrogen and oxygen atoms in total. The van der Waals surface area contributed by atoms with Crippen molar-refractivity contribution in [3.8, 4) is 5.75 Å². The Morgan fingerprint density at radius 3 is 2.85 bits per heavy atom. The van der Waals surface area contributed by atoms with Crippen LogP contribution in [0.4, 0.5) is 5.69 Å². The van der Waals surface area contributed by atoms with Gasteiger partial charge in [0, 0.05) is 5.02 Å². The Morgan fingerprint density at radius 2 is 2.07 bits per heavy atom. The fraction of sp³-hybridized carbons (Fsp3) is 0.167. The number of carbonyl (C=O) groups excluding carboxylic acids is 1. The number of anilines is 1. The number of carboxylic acids is 1. The number of carboxylic acid groups (broad SMARTS) is 1. The first kappa shape index (κ1) is 18.0. The monoisotopic (exact) mass is 422 g/mol. The molecule has 9 heteroatoms. The van der Waals surface area contributed by atoms with Crippen molar-refractivity contribution >= 4 is 62.3 Å². The number of aliphatic carboxylic acids is 1. The highest BCUT2D eigenvalue weighted by atomic mass is 35.5. The van der Waals surface area contributed by atoms with Gasteiger partial charge in [-0.3, -0.25) is 14.5 Å². The van der Waals surface area contributed by atoms with Gasteiger partial charge < -0.3 is 9.84 Å². The molecule has 0 bridgehead atoms. The number of para-hydroxylation sites is 2. The maximum Gasteiger partial charge on any atom is 0.307 e. The highest BCUT2D eigenvalue weighted by molar-refractivity contribution is 7.19. The van der Waals surface area contributed by atoms with Gasteiger partial charge in [0.25, 0.3) is 5.91 Å². The zero-order chi connectivity index (χ0) is 19.1. The Morgan fingerprint density at radius 1 is 1.30 bits per heavy atom. The van der Waals surface area contributed by atoms with E-state index in [-0.39, 0.29) is 6.54 Å². The zero-order valence-electron chi connectivity index (χ0n) is 13.7. The maximum atomic E-state index is 12.8. The lowest BCUT2D eigenvalue weighted by molar-refractivity contribution is -0.142. The molecule has 2 aromatic carbocycles. The second kappa shape index (κ2) is 6.99. The molecule has 3 aromatic rings. The third kappa shape index (κ3) is 3.45. The lowest BCUT2D eigenvalue weighted by atomic mass is 10.1. The smallest absolute Gasteiger partial charge is 0.307 e. The van der Waals surface area contributed by atoms with Crippen LogP contribution in [0.1, 0.15) is 11.4 Å². The Bertz CT molecular complexity index is 1070. The number of halogens is 2. The summed E-state index contributed by atoms with van der Waals surface area (Å²) in [5.41, 5.74) is 1.23. The van der Waals surface area contributed by atoms with E-state index in [0.29, 0.717) is 32.0 Å². The van der Waals surface area contributed by atoms with Crippen molar-refractivity contribution in [2.75, 3.05) is 4.90 Å². The molecule has 0 saturated heterocycles. The summed E-state index contributed by atoms with van der Waals surface area (Å²) >= 11 is 13.6. The van der Waals surface area contributed by atoms with E-state index in [1.165, 1.54) is 16.2 Å². The third-order valence-corrected chi connectivity index (χ3v) is 5.79. The molecule has 1 aliphatic rings.